The number of halogens is 7. The summed E-state index contributed by atoms with van der Waals surface area (Å²) in [7, 11) is -4.60. The highest BCUT2D eigenvalue weighted by Gasteiger charge is 2.71. The Hall–Kier alpha value is -3.07. The van der Waals surface area contributed by atoms with Gasteiger partial charge >= 0.3 is 18.1 Å². The van der Waals surface area contributed by atoms with Gasteiger partial charge in [0.1, 0.15) is 5.82 Å². The molecule has 0 atom stereocenters. The van der Waals surface area contributed by atoms with E-state index in [-0.39, 0.29) is 23.2 Å². The molecule has 3 aromatic rings. The minimum Gasteiger partial charge on any atom is -0.408 e. The van der Waals surface area contributed by atoms with Gasteiger partial charge in [-0.2, -0.15) is 26.3 Å². The maximum Gasteiger partial charge on any atom is 0.430 e. The first kappa shape index (κ1) is 22.6. The van der Waals surface area contributed by atoms with Crippen molar-refractivity contribution in [2.24, 2.45) is 0 Å². The standard InChI is InChI=1S/C16H9F7N2O5S/c17-9-5-7(14(27,15(18,19)20)16(21,22)23)1-3-10(9)25-31(28,29)8-2-4-11-12(6-8)30-13(26)24-11/h1-6,25,27H,(H,24,26). The molecular formula is C16H9F7N2O5S. The van der Waals surface area contributed by atoms with E-state index in [9.17, 15) is 49.1 Å². The monoisotopic (exact) mass is 474 g/mol. The number of benzene rings is 2. The molecule has 0 radical (unpaired) electrons. The van der Waals surface area contributed by atoms with Gasteiger partial charge in [-0.15, -0.1) is 0 Å². The van der Waals surface area contributed by atoms with Crippen molar-refractivity contribution in [3.63, 3.8) is 0 Å². The summed E-state index contributed by atoms with van der Waals surface area (Å²) >= 11 is 0. The van der Waals surface area contributed by atoms with Crippen LogP contribution in [0.25, 0.3) is 11.1 Å². The molecule has 0 fully saturated rings. The van der Waals surface area contributed by atoms with E-state index >= 15 is 0 Å². The number of alkyl halides is 6. The number of aromatic amines is 1. The summed E-state index contributed by atoms with van der Waals surface area (Å²) in [5.41, 5.74) is -8.31. The van der Waals surface area contributed by atoms with Gasteiger partial charge in [0.25, 0.3) is 15.6 Å². The fourth-order valence-corrected chi connectivity index (χ4v) is 3.69. The summed E-state index contributed by atoms with van der Waals surface area (Å²) in [6.07, 6.45) is -12.5. The smallest absolute Gasteiger partial charge is 0.408 e. The van der Waals surface area contributed by atoms with Crippen LogP contribution in [0.15, 0.2) is 50.5 Å². The second kappa shape index (κ2) is 6.98. The molecule has 1 aromatic heterocycles. The Kier molecular flexibility index (Phi) is 5.09. The maximum absolute atomic E-state index is 14.2. The van der Waals surface area contributed by atoms with Crippen molar-refractivity contribution in [3.05, 3.63) is 58.3 Å². The van der Waals surface area contributed by atoms with E-state index in [4.69, 9.17) is 0 Å². The molecule has 0 aliphatic heterocycles. The molecule has 2 aromatic carbocycles. The van der Waals surface area contributed by atoms with Crippen LogP contribution in [0.2, 0.25) is 0 Å². The van der Waals surface area contributed by atoms with Gasteiger partial charge in [-0.05, 0) is 24.3 Å². The van der Waals surface area contributed by atoms with Gasteiger partial charge in [0, 0.05) is 11.6 Å². The average molecular weight is 474 g/mol. The van der Waals surface area contributed by atoms with Crippen LogP contribution in [0.4, 0.5) is 36.4 Å². The number of hydrogen-bond acceptors (Lipinski definition) is 5. The van der Waals surface area contributed by atoms with Crippen molar-refractivity contribution in [3.8, 4) is 0 Å². The van der Waals surface area contributed by atoms with Crippen molar-refractivity contribution in [1.82, 2.24) is 4.98 Å². The minimum absolute atomic E-state index is 0.0797. The van der Waals surface area contributed by atoms with E-state index in [1.54, 1.807) is 4.72 Å². The molecule has 3 rings (SSSR count). The second-order valence-corrected chi connectivity index (χ2v) is 7.86. The van der Waals surface area contributed by atoms with Crippen LogP contribution in [0, 0.1) is 5.82 Å². The molecule has 0 amide bonds. The maximum atomic E-state index is 14.2. The number of sulfonamides is 1. The predicted octanol–water partition coefficient (Wildman–Crippen LogP) is 3.37. The number of oxazole rings is 1. The fourth-order valence-electron chi connectivity index (χ4n) is 2.61. The molecule has 15 heteroatoms. The van der Waals surface area contributed by atoms with Crippen LogP contribution >= 0.6 is 0 Å². The van der Waals surface area contributed by atoms with Gasteiger partial charge in [0.05, 0.1) is 16.1 Å². The van der Waals surface area contributed by atoms with Gasteiger partial charge in [-0.1, -0.05) is 6.07 Å². The second-order valence-electron chi connectivity index (χ2n) is 6.18. The molecule has 0 saturated heterocycles. The molecular weight excluding hydrogens is 465 g/mol. The van der Waals surface area contributed by atoms with Gasteiger partial charge in [0.2, 0.25) is 0 Å². The lowest BCUT2D eigenvalue weighted by molar-refractivity contribution is -0.376. The summed E-state index contributed by atoms with van der Waals surface area (Å²) in [4.78, 5) is 12.8. The van der Waals surface area contributed by atoms with Gasteiger partial charge in [-0.3, -0.25) is 9.71 Å². The van der Waals surface area contributed by atoms with Crippen LogP contribution < -0.4 is 10.5 Å². The lowest BCUT2D eigenvalue weighted by Crippen LogP contribution is -2.54. The Morgan fingerprint density at radius 1 is 0.968 bits per heavy atom. The van der Waals surface area contributed by atoms with Crippen LogP contribution in [-0.4, -0.2) is 30.9 Å². The fraction of sp³-hybridized carbons (Fsp3) is 0.188. The lowest BCUT2D eigenvalue weighted by Gasteiger charge is -2.32. The molecule has 0 aliphatic carbocycles. The average Bonchev–Trinajstić information content (AvgIpc) is 2.99. The molecule has 0 bridgehead atoms. The summed E-state index contributed by atoms with van der Waals surface area (Å²) in [5.74, 6) is -2.71. The topological polar surface area (TPSA) is 112 Å². The number of fused-ring (bicyclic) bond motifs is 1. The highest BCUT2D eigenvalue weighted by atomic mass is 32.2. The highest BCUT2D eigenvalue weighted by molar-refractivity contribution is 7.92. The molecule has 0 aliphatic rings. The van der Waals surface area contributed by atoms with E-state index in [0.29, 0.717) is 6.07 Å². The van der Waals surface area contributed by atoms with Crippen LogP contribution in [-0.2, 0) is 15.6 Å². The van der Waals surface area contributed by atoms with Crippen molar-refractivity contribution in [2.45, 2.75) is 22.8 Å². The predicted molar refractivity (Wildman–Crippen MR) is 90.0 cm³/mol. The number of rotatable bonds is 4. The van der Waals surface area contributed by atoms with Crippen LogP contribution in [0.5, 0.6) is 0 Å². The number of aromatic nitrogens is 1. The first-order valence-corrected chi connectivity index (χ1v) is 9.36. The molecule has 7 nitrogen and oxygen atoms in total. The summed E-state index contributed by atoms with van der Waals surface area (Å²) in [6.45, 7) is 0. The SMILES string of the molecule is O=c1[nH]c2ccc(S(=O)(=O)Nc3ccc(C(O)(C(F)(F)F)C(F)(F)F)cc3F)cc2o1. The van der Waals surface area contributed by atoms with Gasteiger partial charge in [0.15, 0.2) is 5.58 Å². The minimum atomic E-state index is -6.24. The zero-order valence-corrected chi connectivity index (χ0v) is 15.4. The lowest BCUT2D eigenvalue weighted by atomic mass is 9.92. The van der Waals surface area contributed by atoms with Crippen LogP contribution in [0.3, 0.4) is 0 Å². The normalized spacial score (nSPS) is 13.5. The number of aliphatic hydroxyl groups is 1. The quantitative estimate of drug-likeness (QED) is 0.502. The molecule has 0 unspecified atom stereocenters. The van der Waals surface area contributed by atoms with E-state index in [1.165, 1.54) is 0 Å². The van der Waals surface area contributed by atoms with E-state index < -0.39 is 55.7 Å². The third kappa shape index (κ3) is 3.85. The molecule has 1 heterocycles. The van der Waals surface area contributed by atoms with Gasteiger partial charge < -0.3 is 9.52 Å². The Bertz CT molecular complexity index is 1290. The van der Waals surface area contributed by atoms with Crippen LogP contribution in [0.1, 0.15) is 5.56 Å². The Labute approximate surface area is 167 Å². The number of anilines is 1. The molecule has 168 valence electrons. The van der Waals surface area contributed by atoms with Crippen molar-refractivity contribution >= 4 is 26.8 Å². The van der Waals surface area contributed by atoms with Crippen molar-refractivity contribution in [2.75, 3.05) is 4.72 Å². The van der Waals surface area contributed by atoms with E-state index in [1.807, 2.05) is 0 Å². The molecule has 0 spiro atoms. The highest BCUT2D eigenvalue weighted by Crippen LogP contribution is 2.50. The summed E-state index contributed by atoms with van der Waals surface area (Å²) in [5, 5.41) is 9.29. The van der Waals surface area contributed by atoms with Crippen molar-refractivity contribution in [1.29, 1.82) is 0 Å². The Morgan fingerprint density at radius 2 is 1.58 bits per heavy atom. The Morgan fingerprint density at radius 3 is 2.13 bits per heavy atom. The summed E-state index contributed by atoms with van der Waals surface area (Å²) in [6, 6.07) is 3.09. The molecule has 31 heavy (non-hydrogen) atoms. The largest absolute Gasteiger partial charge is 0.430 e. The van der Waals surface area contributed by atoms with E-state index in [0.717, 1.165) is 18.2 Å². The summed E-state index contributed by atoms with van der Waals surface area (Å²) < 4.78 is 123. The zero-order chi connectivity index (χ0) is 23.4. The molecule has 0 saturated carbocycles. The van der Waals surface area contributed by atoms with Crippen molar-refractivity contribution < 1.29 is 48.7 Å². The zero-order valence-electron chi connectivity index (χ0n) is 14.6. The molecule has 3 N–H and O–H groups in total. The number of H-pyrrole nitrogens is 1. The third-order valence-corrected chi connectivity index (χ3v) is 5.52. The first-order valence-electron chi connectivity index (χ1n) is 7.88. The first-order chi connectivity index (χ1) is 14.1. The van der Waals surface area contributed by atoms with Gasteiger partial charge in [-0.25, -0.2) is 17.6 Å². The third-order valence-electron chi connectivity index (χ3n) is 4.15. The van der Waals surface area contributed by atoms with E-state index in [2.05, 4.69) is 9.40 Å². The number of hydrogen-bond donors (Lipinski definition) is 3. The number of nitrogens with one attached hydrogen (secondary N) is 2. The Balaban J connectivity index is 2.00.